The van der Waals surface area contributed by atoms with Crippen LogP contribution in [-0.4, -0.2) is 29.1 Å². The Morgan fingerprint density at radius 1 is 0.970 bits per heavy atom. The topological polar surface area (TPSA) is 29.5 Å². The van der Waals surface area contributed by atoms with Crippen molar-refractivity contribution in [2.24, 2.45) is 5.92 Å². The molecule has 1 saturated heterocycles. The molecule has 5 rings (SSSR count). The highest BCUT2D eigenvalue weighted by molar-refractivity contribution is 5.85. The number of carbonyl (C=O) groups excluding carboxylic acids is 1. The lowest BCUT2D eigenvalue weighted by Crippen LogP contribution is -2.68. The summed E-state index contributed by atoms with van der Waals surface area (Å²) in [5.41, 5.74) is 4.99. The number of nitrogens with zero attached hydrogens (tertiary/aromatic N) is 1. The van der Waals surface area contributed by atoms with Crippen molar-refractivity contribution in [1.82, 2.24) is 4.90 Å². The van der Waals surface area contributed by atoms with Gasteiger partial charge in [0.05, 0.1) is 5.54 Å². The van der Waals surface area contributed by atoms with E-state index in [-0.39, 0.29) is 17.9 Å². The average molecular weight is 438 g/mol. The molecule has 2 unspecified atom stereocenters. The summed E-state index contributed by atoms with van der Waals surface area (Å²) in [6, 6.07) is 27.5. The molecule has 3 heteroatoms. The molecular weight excluding hydrogens is 406 g/mol. The zero-order valence-corrected chi connectivity index (χ0v) is 19.6. The molecule has 1 aliphatic carbocycles. The summed E-state index contributed by atoms with van der Waals surface area (Å²) in [4.78, 5) is 16.0. The molecule has 1 heterocycles. The molecule has 0 bridgehead atoms. The second kappa shape index (κ2) is 8.00. The molecule has 0 saturated carbocycles. The molecule has 1 aliphatic heterocycles. The van der Waals surface area contributed by atoms with E-state index in [0.717, 1.165) is 13.0 Å². The van der Waals surface area contributed by atoms with Crippen molar-refractivity contribution in [3.8, 4) is 11.1 Å². The lowest BCUT2D eigenvalue weighted by atomic mass is 9.72. The van der Waals surface area contributed by atoms with Crippen LogP contribution in [-0.2, 0) is 15.1 Å². The van der Waals surface area contributed by atoms with Gasteiger partial charge in [0.25, 0.3) is 0 Å². The Morgan fingerprint density at radius 3 is 2.06 bits per heavy atom. The van der Waals surface area contributed by atoms with Crippen molar-refractivity contribution in [1.29, 1.82) is 0 Å². The first kappa shape index (κ1) is 21.7. The summed E-state index contributed by atoms with van der Waals surface area (Å²) in [5.74, 6) is 0.0237. The normalized spacial score (nSPS) is 20.9. The van der Waals surface area contributed by atoms with E-state index in [4.69, 9.17) is 4.74 Å². The van der Waals surface area contributed by atoms with Crippen molar-refractivity contribution in [3.63, 3.8) is 0 Å². The van der Waals surface area contributed by atoms with E-state index in [1.54, 1.807) is 0 Å². The Kier molecular flexibility index (Phi) is 5.25. The second-order valence-corrected chi connectivity index (χ2v) is 10.1. The number of allylic oxidation sites excluding steroid dienone is 1. The van der Waals surface area contributed by atoms with Crippen LogP contribution in [0.1, 0.15) is 43.9 Å². The molecule has 0 amide bonds. The maximum Gasteiger partial charge on any atom is 0.324 e. The molecule has 3 nitrogen and oxygen atoms in total. The van der Waals surface area contributed by atoms with Gasteiger partial charge in [0.15, 0.2) is 0 Å². The Balaban J connectivity index is 1.74. The van der Waals surface area contributed by atoms with E-state index in [1.165, 1.54) is 27.8 Å². The van der Waals surface area contributed by atoms with Gasteiger partial charge in [-0.05, 0) is 55.0 Å². The second-order valence-electron chi connectivity index (χ2n) is 10.1. The lowest BCUT2D eigenvalue weighted by Gasteiger charge is -2.56. The highest BCUT2D eigenvalue weighted by Crippen LogP contribution is 2.57. The maximum atomic E-state index is 13.6. The number of carbonyl (C=O) groups is 1. The van der Waals surface area contributed by atoms with Gasteiger partial charge in [-0.3, -0.25) is 9.69 Å². The van der Waals surface area contributed by atoms with Crippen LogP contribution >= 0.6 is 0 Å². The minimum Gasteiger partial charge on any atom is -0.459 e. The number of likely N-dealkylation sites (tertiary alicyclic amines) is 1. The molecule has 1 fully saturated rings. The fourth-order valence-electron chi connectivity index (χ4n) is 5.71. The fourth-order valence-corrected chi connectivity index (χ4v) is 5.71. The Labute approximate surface area is 196 Å². The van der Waals surface area contributed by atoms with Crippen LogP contribution in [0.5, 0.6) is 0 Å². The number of benzene rings is 3. The van der Waals surface area contributed by atoms with Crippen LogP contribution in [0, 0.1) is 5.92 Å². The highest BCUT2D eigenvalue weighted by Gasteiger charge is 2.59. The predicted molar refractivity (Wildman–Crippen MR) is 133 cm³/mol. The van der Waals surface area contributed by atoms with Crippen LogP contribution < -0.4 is 0 Å². The van der Waals surface area contributed by atoms with E-state index in [1.807, 2.05) is 32.9 Å². The van der Waals surface area contributed by atoms with Gasteiger partial charge in [0.1, 0.15) is 11.6 Å². The van der Waals surface area contributed by atoms with Crippen LogP contribution in [0.3, 0.4) is 0 Å². The molecular formula is C30H31NO2. The lowest BCUT2D eigenvalue weighted by molar-refractivity contribution is -0.176. The zero-order valence-electron chi connectivity index (χ0n) is 19.6. The summed E-state index contributed by atoms with van der Waals surface area (Å²) < 4.78 is 5.95. The monoisotopic (exact) mass is 437 g/mol. The molecule has 3 aromatic rings. The molecule has 33 heavy (non-hydrogen) atoms. The molecule has 2 atom stereocenters. The summed E-state index contributed by atoms with van der Waals surface area (Å²) >= 11 is 0. The largest absolute Gasteiger partial charge is 0.459 e. The van der Waals surface area contributed by atoms with Gasteiger partial charge < -0.3 is 4.74 Å². The van der Waals surface area contributed by atoms with Gasteiger partial charge in [-0.25, -0.2) is 0 Å². The first-order chi connectivity index (χ1) is 15.9. The third-order valence-corrected chi connectivity index (χ3v) is 6.88. The number of esters is 1. The molecule has 0 radical (unpaired) electrons. The highest BCUT2D eigenvalue weighted by atomic mass is 16.6. The summed E-state index contributed by atoms with van der Waals surface area (Å²) in [7, 11) is 0. The fraction of sp³-hybridized carbons (Fsp3) is 0.300. The number of rotatable bonds is 5. The van der Waals surface area contributed by atoms with Gasteiger partial charge in [0, 0.05) is 12.5 Å². The smallest absolute Gasteiger partial charge is 0.324 e. The molecule has 2 aliphatic rings. The van der Waals surface area contributed by atoms with Crippen LogP contribution in [0.15, 0.2) is 91.5 Å². The summed E-state index contributed by atoms with van der Waals surface area (Å²) in [6.45, 7) is 10.6. The summed E-state index contributed by atoms with van der Waals surface area (Å²) in [6.07, 6.45) is 2.71. The molecule has 0 aromatic heterocycles. The quantitative estimate of drug-likeness (QED) is 0.353. The van der Waals surface area contributed by atoms with Crippen LogP contribution in [0.4, 0.5) is 0 Å². The summed E-state index contributed by atoms with van der Waals surface area (Å²) in [5, 5.41) is 0. The third-order valence-electron chi connectivity index (χ3n) is 6.88. The number of hydrogen-bond donors (Lipinski definition) is 0. The Morgan fingerprint density at radius 2 is 1.52 bits per heavy atom. The van der Waals surface area contributed by atoms with Gasteiger partial charge in [0.2, 0.25) is 0 Å². The van der Waals surface area contributed by atoms with E-state index >= 15 is 0 Å². The Hall–Kier alpha value is -3.17. The van der Waals surface area contributed by atoms with E-state index in [0.29, 0.717) is 0 Å². The molecule has 0 N–H and O–H groups in total. The van der Waals surface area contributed by atoms with Gasteiger partial charge in [-0.15, -0.1) is 6.58 Å². The Bertz CT molecular complexity index is 1150. The van der Waals surface area contributed by atoms with Crippen LogP contribution in [0.25, 0.3) is 11.1 Å². The third kappa shape index (κ3) is 3.34. The molecule has 0 spiro atoms. The van der Waals surface area contributed by atoms with Gasteiger partial charge in [-0.2, -0.15) is 0 Å². The zero-order chi connectivity index (χ0) is 23.2. The maximum absolute atomic E-state index is 13.6. The van der Waals surface area contributed by atoms with Crippen molar-refractivity contribution >= 4 is 5.97 Å². The van der Waals surface area contributed by atoms with Gasteiger partial charge in [-0.1, -0.05) is 84.9 Å². The van der Waals surface area contributed by atoms with Crippen LogP contribution in [0.2, 0.25) is 0 Å². The van der Waals surface area contributed by atoms with Crippen molar-refractivity contribution in [2.45, 2.75) is 44.4 Å². The SMILES string of the molecule is C=CCC1CN(C2(c3ccccc3)c3ccccc3-c3ccccc32)C1C(=O)OC(C)(C)C. The van der Waals surface area contributed by atoms with E-state index < -0.39 is 11.1 Å². The van der Waals surface area contributed by atoms with Crippen molar-refractivity contribution in [3.05, 3.63) is 108 Å². The number of fused-ring (bicyclic) bond motifs is 3. The van der Waals surface area contributed by atoms with Crippen molar-refractivity contribution in [2.75, 3.05) is 6.54 Å². The number of ether oxygens (including phenoxy) is 1. The molecule has 3 aromatic carbocycles. The van der Waals surface area contributed by atoms with E-state index in [2.05, 4.69) is 84.3 Å². The first-order valence-corrected chi connectivity index (χ1v) is 11.7. The van der Waals surface area contributed by atoms with Gasteiger partial charge >= 0.3 is 5.97 Å². The standard InChI is InChI=1S/C30H31NO2/c1-5-13-21-20-31(27(21)28(32)33-29(2,3)4)30(22-14-7-6-8-15-22)25-18-11-9-16-23(25)24-17-10-12-19-26(24)30/h5-12,14-19,21,27H,1,13,20H2,2-4H3. The minimum atomic E-state index is -0.548. The van der Waals surface area contributed by atoms with E-state index in [9.17, 15) is 4.79 Å². The number of hydrogen-bond acceptors (Lipinski definition) is 3. The predicted octanol–water partition coefficient (Wildman–Crippen LogP) is 6.18. The molecule has 168 valence electrons. The first-order valence-electron chi connectivity index (χ1n) is 11.7. The average Bonchev–Trinajstić information content (AvgIpc) is 3.07. The van der Waals surface area contributed by atoms with Crippen molar-refractivity contribution < 1.29 is 9.53 Å². The minimum absolute atomic E-state index is 0.155.